The Bertz CT molecular complexity index is 1420. The molecule has 3 heterocycles. The first-order valence-corrected chi connectivity index (χ1v) is 13.2. The first kappa shape index (κ1) is 25.7. The molecule has 10 nitrogen and oxygen atoms in total. The van der Waals surface area contributed by atoms with E-state index in [1.165, 1.54) is 17.7 Å². The molecule has 38 heavy (non-hydrogen) atoms. The number of anilines is 2. The second kappa shape index (κ2) is 12.1. The summed E-state index contributed by atoms with van der Waals surface area (Å²) >= 11 is 1.18. The molecule has 2 aromatic carbocycles. The molecular weight excluding hydrogens is 502 g/mol. The average Bonchev–Trinajstić information content (AvgIpc) is 3.43. The van der Waals surface area contributed by atoms with Gasteiger partial charge in [0.15, 0.2) is 0 Å². The van der Waals surface area contributed by atoms with Crippen LogP contribution >= 0.6 is 11.5 Å². The van der Waals surface area contributed by atoms with E-state index < -0.39 is 0 Å². The summed E-state index contributed by atoms with van der Waals surface area (Å²) in [6, 6.07) is 15.0. The van der Waals surface area contributed by atoms with Crippen LogP contribution in [0.2, 0.25) is 0 Å². The molecule has 196 valence electrons. The summed E-state index contributed by atoms with van der Waals surface area (Å²) in [4.78, 5) is 39.2. The largest absolute Gasteiger partial charge is 0.383 e. The Morgan fingerprint density at radius 2 is 1.84 bits per heavy atom. The van der Waals surface area contributed by atoms with E-state index in [0.717, 1.165) is 36.2 Å². The first-order valence-electron chi connectivity index (χ1n) is 12.4. The predicted octanol–water partition coefficient (Wildman–Crippen LogP) is 3.16. The van der Waals surface area contributed by atoms with Gasteiger partial charge in [-0.25, -0.2) is 4.98 Å². The van der Waals surface area contributed by atoms with E-state index in [4.69, 9.17) is 4.74 Å². The second-order valence-electron chi connectivity index (χ2n) is 8.95. The van der Waals surface area contributed by atoms with Crippen molar-refractivity contribution in [2.24, 2.45) is 0 Å². The lowest BCUT2D eigenvalue weighted by Gasteiger charge is -2.34. The topological polar surface area (TPSA) is 113 Å². The van der Waals surface area contributed by atoms with E-state index in [1.54, 1.807) is 13.3 Å². The van der Waals surface area contributed by atoms with Crippen LogP contribution in [-0.4, -0.2) is 82.4 Å². The molecule has 0 radical (unpaired) electrons. The van der Waals surface area contributed by atoms with Crippen molar-refractivity contribution in [2.75, 3.05) is 51.8 Å². The van der Waals surface area contributed by atoms with Crippen LogP contribution in [0, 0.1) is 0 Å². The number of benzene rings is 2. The molecule has 0 atom stereocenters. The van der Waals surface area contributed by atoms with Crippen molar-refractivity contribution in [2.45, 2.75) is 6.54 Å². The molecule has 5 rings (SSSR count). The number of fused-ring (bicyclic) bond motifs is 1. The quantitative estimate of drug-likeness (QED) is 0.339. The maximum Gasteiger partial charge on any atom is 0.256 e. The van der Waals surface area contributed by atoms with Gasteiger partial charge in [-0.15, -0.1) is 0 Å². The van der Waals surface area contributed by atoms with E-state index in [9.17, 15) is 9.59 Å². The molecule has 4 aromatic rings. The first-order chi connectivity index (χ1) is 18.6. The van der Waals surface area contributed by atoms with Gasteiger partial charge in [0.1, 0.15) is 10.8 Å². The van der Waals surface area contributed by atoms with E-state index in [0.29, 0.717) is 41.6 Å². The van der Waals surface area contributed by atoms with Crippen LogP contribution < -0.4 is 10.6 Å². The summed E-state index contributed by atoms with van der Waals surface area (Å²) in [5.74, 6) is 0.279. The van der Waals surface area contributed by atoms with E-state index in [1.807, 2.05) is 53.4 Å². The lowest BCUT2D eigenvalue weighted by Crippen LogP contribution is -2.49. The fourth-order valence-corrected chi connectivity index (χ4v) is 4.95. The van der Waals surface area contributed by atoms with Gasteiger partial charge < -0.3 is 20.3 Å². The van der Waals surface area contributed by atoms with Gasteiger partial charge in [0.25, 0.3) is 11.8 Å². The molecule has 2 N–H and O–H groups in total. The molecule has 0 aliphatic carbocycles. The maximum absolute atomic E-state index is 13.1. The van der Waals surface area contributed by atoms with Crippen molar-refractivity contribution in [3.8, 4) is 0 Å². The molecule has 1 saturated heterocycles. The summed E-state index contributed by atoms with van der Waals surface area (Å²) in [5, 5.41) is 6.68. The molecule has 0 saturated carbocycles. The zero-order chi connectivity index (χ0) is 26.3. The van der Waals surface area contributed by atoms with E-state index in [2.05, 4.69) is 29.9 Å². The normalized spacial score (nSPS) is 14.0. The number of carbonyl (C=O) groups excluding carboxylic acids is 2. The number of hydrogen-bond acceptors (Lipinski definition) is 9. The van der Waals surface area contributed by atoms with Gasteiger partial charge in [-0.2, -0.15) is 4.37 Å². The number of rotatable bonds is 9. The molecular formula is C27H29N7O3S. The minimum atomic E-state index is -0.265. The molecule has 2 aromatic heterocycles. The molecule has 0 unspecified atom stereocenters. The number of amides is 2. The number of carbonyl (C=O) groups is 2. The Labute approximate surface area is 224 Å². The monoisotopic (exact) mass is 531 g/mol. The highest BCUT2D eigenvalue weighted by atomic mass is 32.1. The third kappa shape index (κ3) is 6.13. The highest BCUT2D eigenvalue weighted by molar-refractivity contribution is 7.10. The summed E-state index contributed by atoms with van der Waals surface area (Å²) < 4.78 is 9.33. The number of nitrogens with one attached hydrogen (secondary N) is 2. The van der Waals surface area contributed by atoms with Crippen LogP contribution in [0.5, 0.6) is 0 Å². The smallest absolute Gasteiger partial charge is 0.256 e. The Morgan fingerprint density at radius 3 is 2.66 bits per heavy atom. The number of aromatic nitrogens is 3. The molecule has 11 heteroatoms. The number of para-hydroxylation sites is 2. The van der Waals surface area contributed by atoms with Crippen LogP contribution in [0.4, 0.5) is 10.8 Å². The number of nitrogens with zero attached hydrogens (tertiary/aromatic N) is 5. The second-order valence-corrected chi connectivity index (χ2v) is 9.75. The third-order valence-electron chi connectivity index (χ3n) is 6.40. The van der Waals surface area contributed by atoms with Crippen molar-refractivity contribution in [3.63, 3.8) is 0 Å². The summed E-state index contributed by atoms with van der Waals surface area (Å²) in [5.41, 5.74) is 3.45. The summed E-state index contributed by atoms with van der Waals surface area (Å²) in [7, 11) is 1.70. The van der Waals surface area contributed by atoms with E-state index >= 15 is 0 Å². The van der Waals surface area contributed by atoms with Crippen LogP contribution in [0.15, 0.2) is 60.9 Å². The molecule has 1 aliphatic heterocycles. The average molecular weight is 532 g/mol. The number of methoxy groups -OCH3 is 1. The number of hydrogen-bond donors (Lipinski definition) is 2. The van der Waals surface area contributed by atoms with Crippen LogP contribution in [0.1, 0.15) is 26.3 Å². The van der Waals surface area contributed by atoms with Gasteiger partial charge in [0.05, 0.1) is 35.6 Å². The Balaban J connectivity index is 1.18. The highest BCUT2D eigenvalue weighted by Crippen LogP contribution is 2.25. The minimum Gasteiger partial charge on any atom is -0.383 e. The Morgan fingerprint density at radius 1 is 1.03 bits per heavy atom. The lowest BCUT2D eigenvalue weighted by atomic mass is 10.1. The molecule has 2 amide bonds. The van der Waals surface area contributed by atoms with Gasteiger partial charge in [-0.3, -0.25) is 19.5 Å². The van der Waals surface area contributed by atoms with E-state index in [-0.39, 0.29) is 18.4 Å². The Hall–Kier alpha value is -3.93. The highest BCUT2D eigenvalue weighted by Gasteiger charge is 2.22. The van der Waals surface area contributed by atoms with Crippen molar-refractivity contribution in [1.29, 1.82) is 0 Å². The molecule has 1 aliphatic rings. The zero-order valence-electron chi connectivity index (χ0n) is 21.1. The van der Waals surface area contributed by atoms with Gasteiger partial charge in [-0.1, -0.05) is 24.3 Å². The lowest BCUT2D eigenvalue weighted by molar-refractivity contribution is 0.0594. The minimum absolute atomic E-state index is 0.00887. The zero-order valence-corrected chi connectivity index (χ0v) is 21.9. The standard InChI is InChI=1S/C27H29N7O3S/c1-37-14-13-33-9-11-34(12-10-33)27(36)20-6-4-5-19(15-20)16-29-25(35)21-17-30-38-26(21)32-24-18-28-22-7-2-3-8-23(22)31-24/h2-8,15,17-18H,9-14,16H2,1H3,(H,29,35)(H,31,32). The van der Waals surface area contributed by atoms with Crippen LogP contribution in [-0.2, 0) is 11.3 Å². The van der Waals surface area contributed by atoms with Crippen molar-refractivity contribution < 1.29 is 14.3 Å². The van der Waals surface area contributed by atoms with Crippen LogP contribution in [0.3, 0.4) is 0 Å². The summed E-state index contributed by atoms with van der Waals surface area (Å²) in [6.07, 6.45) is 3.16. The van der Waals surface area contributed by atoms with Gasteiger partial charge >= 0.3 is 0 Å². The van der Waals surface area contributed by atoms with Crippen LogP contribution in [0.25, 0.3) is 11.0 Å². The fourth-order valence-electron chi connectivity index (χ4n) is 4.29. The third-order valence-corrected chi connectivity index (χ3v) is 7.12. The number of piperazine rings is 1. The van der Waals surface area contributed by atoms with Gasteiger partial charge in [-0.05, 0) is 41.4 Å². The maximum atomic E-state index is 13.1. The molecule has 0 bridgehead atoms. The Kier molecular flexibility index (Phi) is 8.17. The number of ether oxygens (including phenoxy) is 1. The fraction of sp³-hybridized carbons (Fsp3) is 0.296. The SMILES string of the molecule is COCCN1CCN(C(=O)c2cccc(CNC(=O)c3cnsc3Nc3cnc4ccccc4n3)c2)CC1. The summed E-state index contributed by atoms with van der Waals surface area (Å²) in [6.45, 7) is 4.90. The predicted molar refractivity (Wildman–Crippen MR) is 147 cm³/mol. The van der Waals surface area contributed by atoms with Crippen molar-refractivity contribution in [1.82, 2.24) is 29.5 Å². The van der Waals surface area contributed by atoms with Gasteiger partial charge in [0.2, 0.25) is 0 Å². The van der Waals surface area contributed by atoms with Crippen molar-refractivity contribution >= 4 is 45.2 Å². The molecule has 0 spiro atoms. The van der Waals surface area contributed by atoms with Gasteiger partial charge in [0, 0.05) is 51.9 Å². The van der Waals surface area contributed by atoms with Crippen molar-refractivity contribution in [3.05, 3.63) is 77.6 Å². The molecule has 1 fully saturated rings.